The van der Waals surface area contributed by atoms with Crippen molar-refractivity contribution < 1.29 is 4.79 Å². The Morgan fingerprint density at radius 2 is 1.80 bits per heavy atom. The Balaban J connectivity index is 2.58. The topological polar surface area (TPSA) is 45.2 Å². The summed E-state index contributed by atoms with van der Waals surface area (Å²) in [5.41, 5.74) is 1.44. The van der Waals surface area contributed by atoms with Crippen molar-refractivity contribution in [3.8, 4) is 0 Å². The van der Waals surface area contributed by atoms with Crippen molar-refractivity contribution in [1.29, 1.82) is 0 Å². The zero-order valence-corrected chi connectivity index (χ0v) is 12.0. The number of amides is 2. The number of nitrogens with one attached hydrogen (secondary N) is 1. The predicted octanol–water partition coefficient (Wildman–Crippen LogP) is 2.62. The van der Waals surface area contributed by atoms with Crippen LogP contribution >= 0.6 is 0 Å². The molecule has 4 heteroatoms. The summed E-state index contributed by atoms with van der Waals surface area (Å²) in [5.74, 6) is 0. The summed E-state index contributed by atoms with van der Waals surface area (Å²) < 4.78 is 0. The van der Waals surface area contributed by atoms with Gasteiger partial charge in [-0.15, -0.1) is 0 Å². The van der Waals surface area contributed by atoms with E-state index in [4.69, 9.17) is 0 Å². The Bertz CT molecular complexity index is 529. The fourth-order valence-electron chi connectivity index (χ4n) is 2.34. The number of hydrogen-bond donors (Lipinski definition) is 1. The van der Waals surface area contributed by atoms with Gasteiger partial charge in [0.2, 0.25) is 0 Å². The maximum Gasteiger partial charge on any atom is 0.317 e. The third kappa shape index (κ3) is 2.37. The lowest BCUT2D eigenvalue weighted by Gasteiger charge is -2.39. The van der Waals surface area contributed by atoms with Gasteiger partial charge in [0.05, 0.1) is 5.54 Å². The van der Waals surface area contributed by atoms with Gasteiger partial charge >= 0.3 is 6.03 Å². The summed E-state index contributed by atoms with van der Waals surface area (Å²) in [6, 6.07) is 13.7. The van der Waals surface area contributed by atoms with Crippen LogP contribution < -0.4 is 5.32 Å². The normalized spacial score (nSPS) is 13.3. The molecule has 2 amide bonds. The predicted molar refractivity (Wildman–Crippen MR) is 79.4 cm³/mol. The average molecular weight is 269 g/mol. The molecule has 20 heavy (non-hydrogen) atoms. The minimum absolute atomic E-state index is 0.139. The van der Waals surface area contributed by atoms with Crippen molar-refractivity contribution in [2.45, 2.75) is 12.5 Å². The van der Waals surface area contributed by atoms with Crippen molar-refractivity contribution in [2.24, 2.45) is 0 Å². The van der Waals surface area contributed by atoms with E-state index in [0.29, 0.717) is 0 Å². The molecule has 1 aromatic heterocycles. The van der Waals surface area contributed by atoms with Gasteiger partial charge in [-0.05, 0) is 18.6 Å². The zero-order chi connectivity index (χ0) is 14.6. The Morgan fingerprint density at radius 1 is 1.15 bits per heavy atom. The van der Waals surface area contributed by atoms with Crippen molar-refractivity contribution >= 4 is 6.03 Å². The van der Waals surface area contributed by atoms with Crippen molar-refractivity contribution in [3.63, 3.8) is 0 Å². The van der Waals surface area contributed by atoms with Crippen LogP contribution in [0.1, 0.15) is 18.1 Å². The van der Waals surface area contributed by atoms with Gasteiger partial charge in [0, 0.05) is 32.1 Å². The molecule has 0 aliphatic rings. The van der Waals surface area contributed by atoms with Crippen LogP contribution in [0.2, 0.25) is 0 Å². The van der Waals surface area contributed by atoms with Crippen LogP contribution in [0.3, 0.4) is 0 Å². The van der Waals surface area contributed by atoms with E-state index < -0.39 is 5.54 Å². The average Bonchev–Trinajstić information content (AvgIpc) is 2.54. The van der Waals surface area contributed by atoms with Crippen molar-refractivity contribution in [3.05, 3.63) is 66.0 Å². The fraction of sp³-hybridized carbons (Fsp3) is 0.250. The van der Waals surface area contributed by atoms with Gasteiger partial charge in [0.25, 0.3) is 0 Å². The van der Waals surface area contributed by atoms with E-state index in [1.165, 1.54) is 0 Å². The molecule has 0 bridgehead atoms. The monoisotopic (exact) mass is 269 g/mol. The second-order valence-electron chi connectivity index (χ2n) is 4.79. The highest BCUT2D eigenvalue weighted by Crippen LogP contribution is 2.34. The zero-order valence-electron chi connectivity index (χ0n) is 12.0. The number of aromatic nitrogens is 1. The first kappa shape index (κ1) is 14.1. The number of carbonyl (C=O) groups is 1. The van der Waals surface area contributed by atoms with Crippen LogP contribution in [-0.4, -0.2) is 30.0 Å². The number of carbonyl (C=O) groups excluding carboxylic acids is 1. The van der Waals surface area contributed by atoms with Crippen LogP contribution in [0.25, 0.3) is 0 Å². The molecule has 2 aromatic rings. The molecule has 0 aliphatic carbocycles. The summed E-state index contributed by atoms with van der Waals surface area (Å²) in [6.07, 6.45) is 3.53. The lowest BCUT2D eigenvalue weighted by Crippen LogP contribution is -2.49. The van der Waals surface area contributed by atoms with E-state index in [-0.39, 0.29) is 6.03 Å². The molecule has 0 fully saturated rings. The standard InChI is InChI=1S/C16H19N3O/c1-16(19(3)15(20)17-2,13-8-5-4-6-9-13)14-10-7-11-18-12-14/h4-12H,1-3H3,(H,17,20)/t16-/m1/s1. The summed E-state index contributed by atoms with van der Waals surface area (Å²) >= 11 is 0. The van der Waals surface area contributed by atoms with Gasteiger partial charge in [-0.3, -0.25) is 4.98 Å². The molecule has 1 N–H and O–H groups in total. The fourth-order valence-corrected chi connectivity index (χ4v) is 2.34. The molecule has 4 nitrogen and oxygen atoms in total. The number of rotatable bonds is 3. The first-order valence-corrected chi connectivity index (χ1v) is 6.52. The summed E-state index contributed by atoms with van der Waals surface area (Å²) in [7, 11) is 3.42. The maximum atomic E-state index is 12.1. The quantitative estimate of drug-likeness (QED) is 0.931. The largest absolute Gasteiger partial charge is 0.341 e. The molecule has 104 valence electrons. The van der Waals surface area contributed by atoms with E-state index in [1.807, 2.05) is 49.4 Å². The number of benzene rings is 1. The number of nitrogens with zero attached hydrogens (tertiary/aromatic N) is 2. The smallest absolute Gasteiger partial charge is 0.317 e. The highest BCUT2D eigenvalue weighted by Gasteiger charge is 2.36. The molecule has 0 saturated heterocycles. The Labute approximate surface area is 119 Å². The summed E-state index contributed by atoms with van der Waals surface area (Å²) in [4.78, 5) is 18.0. The van der Waals surface area contributed by atoms with Gasteiger partial charge in [0.1, 0.15) is 0 Å². The lowest BCUT2D eigenvalue weighted by molar-refractivity contribution is 0.168. The lowest BCUT2D eigenvalue weighted by atomic mass is 9.84. The minimum atomic E-state index is -0.574. The van der Waals surface area contributed by atoms with Crippen molar-refractivity contribution in [2.75, 3.05) is 14.1 Å². The van der Waals surface area contributed by atoms with E-state index in [0.717, 1.165) is 11.1 Å². The van der Waals surface area contributed by atoms with Gasteiger partial charge in [0.15, 0.2) is 0 Å². The molecule has 0 spiro atoms. The van der Waals surface area contributed by atoms with Crippen molar-refractivity contribution in [1.82, 2.24) is 15.2 Å². The molecule has 1 heterocycles. The van der Waals surface area contributed by atoms with Gasteiger partial charge in [-0.25, -0.2) is 4.79 Å². The van der Waals surface area contributed by atoms with E-state index >= 15 is 0 Å². The molecule has 0 aliphatic heterocycles. The molecule has 1 atom stereocenters. The number of pyridine rings is 1. The Morgan fingerprint density at radius 3 is 2.35 bits per heavy atom. The second-order valence-corrected chi connectivity index (χ2v) is 4.79. The van der Waals surface area contributed by atoms with Gasteiger partial charge in [-0.1, -0.05) is 36.4 Å². The number of hydrogen-bond acceptors (Lipinski definition) is 2. The summed E-state index contributed by atoms with van der Waals surface area (Å²) in [6.45, 7) is 2.02. The number of urea groups is 1. The van der Waals surface area contributed by atoms with Gasteiger partial charge < -0.3 is 10.2 Å². The molecule has 0 saturated carbocycles. The SMILES string of the molecule is CNC(=O)N(C)[C@](C)(c1ccccc1)c1cccnc1. The van der Waals surface area contributed by atoms with E-state index in [2.05, 4.69) is 10.3 Å². The highest BCUT2D eigenvalue weighted by atomic mass is 16.2. The highest BCUT2D eigenvalue weighted by molar-refractivity contribution is 5.75. The minimum Gasteiger partial charge on any atom is -0.341 e. The summed E-state index contributed by atoms with van der Waals surface area (Å²) in [5, 5.41) is 2.68. The van der Waals surface area contributed by atoms with Crippen LogP contribution in [0.5, 0.6) is 0 Å². The van der Waals surface area contributed by atoms with Crippen LogP contribution in [0, 0.1) is 0 Å². The first-order valence-electron chi connectivity index (χ1n) is 6.52. The van der Waals surface area contributed by atoms with Crippen LogP contribution in [0.15, 0.2) is 54.9 Å². The van der Waals surface area contributed by atoms with E-state index in [9.17, 15) is 4.79 Å². The first-order chi connectivity index (χ1) is 9.60. The molecule has 1 aromatic carbocycles. The van der Waals surface area contributed by atoms with Gasteiger partial charge in [-0.2, -0.15) is 0 Å². The Hall–Kier alpha value is -2.36. The second kappa shape index (κ2) is 5.74. The van der Waals surface area contributed by atoms with Crippen LogP contribution in [0.4, 0.5) is 4.79 Å². The maximum absolute atomic E-state index is 12.1. The molecule has 0 unspecified atom stereocenters. The molecule has 0 radical (unpaired) electrons. The van der Waals surface area contributed by atoms with Crippen LogP contribution in [-0.2, 0) is 5.54 Å². The molecular formula is C16H19N3O. The third-order valence-corrected chi connectivity index (χ3v) is 3.75. The molecular weight excluding hydrogens is 250 g/mol. The Kier molecular flexibility index (Phi) is 4.03. The van der Waals surface area contributed by atoms with E-state index in [1.54, 1.807) is 31.4 Å². The third-order valence-electron chi connectivity index (χ3n) is 3.75. The molecule has 2 rings (SSSR count).